The number of nitrogens with one attached hydrogen (secondary N) is 1. The molecule has 0 aromatic heterocycles. The Morgan fingerprint density at radius 1 is 1.19 bits per heavy atom. The first kappa shape index (κ1) is 20.5. The summed E-state index contributed by atoms with van der Waals surface area (Å²) in [5.74, 6) is 0. The van der Waals surface area contributed by atoms with E-state index >= 15 is 0 Å². The summed E-state index contributed by atoms with van der Waals surface area (Å²) in [6, 6.07) is 13.3. The van der Waals surface area contributed by atoms with Crippen LogP contribution in [0.2, 0.25) is 0 Å². The van der Waals surface area contributed by atoms with Crippen molar-refractivity contribution in [2.75, 3.05) is 5.32 Å². The Bertz CT molecular complexity index is 751. The Labute approximate surface area is 163 Å². The van der Waals surface area contributed by atoms with Crippen molar-refractivity contribution in [3.8, 4) is 0 Å². The van der Waals surface area contributed by atoms with Crippen molar-refractivity contribution >= 4 is 27.7 Å². The Balaban J connectivity index is 2.12. The van der Waals surface area contributed by atoms with Crippen LogP contribution >= 0.6 is 15.9 Å². The van der Waals surface area contributed by atoms with E-state index in [0.717, 1.165) is 28.4 Å². The summed E-state index contributed by atoms with van der Waals surface area (Å²) in [5.41, 5.74) is 2.88. The molecule has 1 unspecified atom stereocenters. The second-order valence-electron chi connectivity index (χ2n) is 7.26. The lowest BCUT2D eigenvalue weighted by molar-refractivity contribution is 0.0636. The molecule has 0 bridgehead atoms. The second-order valence-corrected chi connectivity index (χ2v) is 8.11. The van der Waals surface area contributed by atoms with Crippen LogP contribution in [0.5, 0.6) is 0 Å². The number of carbonyl (C=O) groups excluding carboxylic acids is 1. The number of amides is 1. The zero-order valence-electron chi connectivity index (χ0n) is 15.7. The SMILES string of the molecule is CCCc1ccc(C(O)c2ccc(NC(=O)OC(C)(C)C)cc2Br)cc1. The number of carbonyl (C=O) groups is 1. The number of rotatable bonds is 5. The van der Waals surface area contributed by atoms with Crippen molar-refractivity contribution in [2.45, 2.75) is 52.2 Å². The van der Waals surface area contributed by atoms with Gasteiger partial charge in [0, 0.05) is 10.2 Å². The molecular formula is C21H26BrNO3. The lowest BCUT2D eigenvalue weighted by Gasteiger charge is -2.20. The zero-order valence-corrected chi connectivity index (χ0v) is 17.3. The third-order valence-corrected chi connectivity index (χ3v) is 4.46. The van der Waals surface area contributed by atoms with Crippen LogP contribution in [0.4, 0.5) is 10.5 Å². The van der Waals surface area contributed by atoms with E-state index in [1.165, 1.54) is 5.56 Å². The van der Waals surface area contributed by atoms with Crippen molar-refractivity contribution < 1.29 is 14.6 Å². The number of hydrogen-bond acceptors (Lipinski definition) is 3. The van der Waals surface area contributed by atoms with Crippen LogP contribution in [-0.2, 0) is 11.2 Å². The summed E-state index contributed by atoms with van der Waals surface area (Å²) in [4.78, 5) is 11.9. The predicted octanol–water partition coefficient (Wildman–Crippen LogP) is 5.83. The highest BCUT2D eigenvalue weighted by molar-refractivity contribution is 9.10. The highest BCUT2D eigenvalue weighted by Crippen LogP contribution is 2.31. The third kappa shape index (κ3) is 5.85. The van der Waals surface area contributed by atoms with Gasteiger partial charge in [-0.2, -0.15) is 0 Å². The fourth-order valence-corrected chi connectivity index (χ4v) is 3.18. The van der Waals surface area contributed by atoms with Gasteiger partial charge in [0.1, 0.15) is 11.7 Å². The number of aliphatic hydroxyl groups excluding tert-OH is 1. The number of halogens is 1. The summed E-state index contributed by atoms with van der Waals surface area (Å²) in [7, 11) is 0. The maximum Gasteiger partial charge on any atom is 0.412 e. The van der Waals surface area contributed by atoms with Gasteiger partial charge >= 0.3 is 6.09 Å². The number of ether oxygens (including phenoxy) is 1. The summed E-state index contributed by atoms with van der Waals surface area (Å²) < 4.78 is 5.96. The van der Waals surface area contributed by atoms with Gasteiger partial charge in [-0.3, -0.25) is 5.32 Å². The van der Waals surface area contributed by atoms with E-state index in [1.54, 1.807) is 18.2 Å². The van der Waals surface area contributed by atoms with E-state index in [-0.39, 0.29) is 0 Å². The van der Waals surface area contributed by atoms with Crippen LogP contribution in [0.3, 0.4) is 0 Å². The molecule has 5 heteroatoms. The third-order valence-electron chi connectivity index (χ3n) is 3.77. The molecule has 1 atom stereocenters. The first-order valence-electron chi connectivity index (χ1n) is 8.76. The molecule has 0 saturated carbocycles. The average Bonchev–Trinajstić information content (AvgIpc) is 2.53. The van der Waals surface area contributed by atoms with Crippen LogP contribution < -0.4 is 5.32 Å². The van der Waals surface area contributed by atoms with E-state index in [0.29, 0.717) is 5.69 Å². The van der Waals surface area contributed by atoms with Crippen LogP contribution in [0.1, 0.15) is 56.9 Å². The maximum atomic E-state index is 11.9. The molecule has 140 valence electrons. The molecule has 0 radical (unpaired) electrons. The van der Waals surface area contributed by atoms with E-state index in [2.05, 4.69) is 28.2 Å². The van der Waals surface area contributed by atoms with Crippen LogP contribution in [0, 0.1) is 0 Å². The predicted molar refractivity (Wildman–Crippen MR) is 108 cm³/mol. The van der Waals surface area contributed by atoms with Gasteiger partial charge in [-0.05, 0) is 56.0 Å². The van der Waals surface area contributed by atoms with Gasteiger partial charge in [-0.1, -0.05) is 59.6 Å². The molecule has 2 aromatic rings. The number of hydrogen-bond donors (Lipinski definition) is 2. The Kier molecular flexibility index (Phi) is 6.84. The number of benzene rings is 2. The molecule has 2 aromatic carbocycles. The van der Waals surface area contributed by atoms with E-state index in [9.17, 15) is 9.90 Å². The molecule has 0 saturated heterocycles. The summed E-state index contributed by atoms with van der Waals surface area (Å²) in [6.45, 7) is 7.59. The lowest BCUT2D eigenvalue weighted by atomic mass is 9.99. The molecular weight excluding hydrogens is 394 g/mol. The molecule has 4 nitrogen and oxygen atoms in total. The minimum atomic E-state index is -0.740. The maximum absolute atomic E-state index is 11.9. The molecule has 0 spiro atoms. The van der Waals surface area contributed by atoms with Crippen LogP contribution in [0.25, 0.3) is 0 Å². The Hall–Kier alpha value is -1.85. The summed E-state index contributed by atoms with van der Waals surface area (Å²) in [5, 5.41) is 13.4. The van der Waals surface area contributed by atoms with Crippen LogP contribution in [0.15, 0.2) is 46.9 Å². The summed E-state index contributed by atoms with van der Waals surface area (Å²) in [6.07, 6.45) is 0.879. The molecule has 0 aliphatic heterocycles. The minimum Gasteiger partial charge on any atom is -0.444 e. The average molecular weight is 420 g/mol. The van der Waals surface area contributed by atoms with Gasteiger partial charge in [0.05, 0.1) is 0 Å². The zero-order chi connectivity index (χ0) is 19.3. The van der Waals surface area contributed by atoms with Crippen molar-refractivity contribution in [3.63, 3.8) is 0 Å². The molecule has 0 aliphatic carbocycles. The largest absolute Gasteiger partial charge is 0.444 e. The van der Waals surface area contributed by atoms with Gasteiger partial charge in [0.15, 0.2) is 0 Å². The van der Waals surface area contributed by atoms with E-state index in [1.807, 2.05) is 45.0 Å². The molecule has 2 rings (SSSR count). The van der Waals surface area contributed by atoms with Gasteiger partial charge in [0.2, 0.25) is 0 Å². The highest BCUT2D eigenvalue weighted by Gasteiger charge is 2.18. The molecule has 1 amide bonds. The quantitative estimate of drug-likeness (QED) is 0.640. The normalized spacial score (nSPS) is 12.5. The molecule has 0 heterocycles. The van der Waals surface area contributed by atoms with Crippen molar-refractivity contribution in [1.82, 2.24) is 0 Å². The number of aryl methyl sites for hydroxylation is 1. The summed E-state index contributed by atoms with van der Waals surface area (Å²) >= 11 is 3.48. The molecule has 26 heavy (non-hydrogen) atoms. The van der Waals surface area contributed by atoms with E-state index in [4.69, 9.17) is 4.74 Å². The Morgan fingerprint density at radius 2 is 1.85 bits per heavy atom. The van der Waals surface area contributed by atoms with Crippen LogP contribution in [-0.4, -0.2) is 16.8 Å². The second kappa shape index (κ2) is 8.69. The lowest BCUT2D eigenvalue weighted by Crippen LogP contribution is -2.27. The smallest absolute Gasteiger partial charge is 0.412 e. The van der Waals surface area contributed by atoms with Gasteiger partial charge in [-0.25, -0.2) is 4.79 Å². The van der Waals surface area contributed by atoms with Gasteiger partial charge in [-0.15, -0.1) is 0 Å². The standard InChI is InChI=1S/C21H26BrNO3/c1-5-6-14-7-9-15(10-8-14)19(24)17-12-11-16(13-18(17)22)23-20(25)26-21(2,3)4/h7-13,19,24H,5-6H2,1-4H3,(H,23,25). The minimum absolute atomic E-state index is 0.510. The fraction of sp³-hybridized carbons (Fsp3) is 0.381. The van der Waals surface area contributed by atoms with Crippen molar-refractivity contribution in [1.29, 1.82) is 0 Å². The Morgan fingerprint density at radius 3 is 2.38 bits per heavy atom. The van der Waals surface area contributed by atoms with Crippen molar-refractivity contribution in [3.05, 3.63) is 63.6 Å². The number of anilines is 1. The number of aliphatic hydroxyl groups is 1. The monoisotopic (exact) mass is 419 g/mol. The fourth-order valence-electron chi connectivity index (χ4n) is 2.58. The first-order chi connectivity index (χ1) is 12.2. The first-order valence-corrected chi connectivity index (χ1v) is 9.55. The van der Waals surface area contributed by atoms with Gasteiger partial charge < -0.3 is 9.84 Å². The van der Waals surface area contributed by atoms with E-state index < -0.39 is 17.8 Å². The topological polar surface area (TPSA) is 58.6 Å². The highest BCUT2D eigenvalue weighted by atomic mass is 79.9. The van der Waals surface area contributed by atoms with Gasteiger partial charge in [0.25, 0.3) is 0 Å². The molecule has 2 N–H and O–H groups in total. The molecule has 0 fully saturated rings. The van der Waals surface area contributed by atoms with Crippen molar-refractivity contribution in [2.24, 2.45) is 0 Å². The molecule has 0 aliphatic rings.